The molecular weight excluding hydrogens is 307 g/mol. The van der Waals surface area contributed by atoms with Gasteiger partial charge in [0.2, 0.25) is 0 Å². The molecule has 0 saturated carbocycles. The number of amides is 2. The van der Waals surface area contributed by atoms with Gasteiger partial charge in [0.1, 0.15) is 5.82 Å². The molecule has 5 nitrogen and oxygen atoms in total. The number of hydrogen-bond acceptors (Lipinski definition) is 2. The number of aromatic nitrogens is 2. The van der Waals surface area contributed by atoms with Gasteiger partial charge in [-0.2, -0.15) is 5.10 Å². The molecule has 1 heterocycles. The molecule has 122 valence electrons. The van der Waals surface area contributed by atoms with Gasteiger partial charge in [0.15, 0.2) is 0 Å². The highest BCUT2D eigenvalue weighted by atomic mass is 19.1. The number of nitrogens with zero attached hydrogens (tertiary/aromatic N) is 2. The van der Waals surface area contributed by atoms with Crippen LogP contribution < -0.4 is 10.6 Å². The maximum absolute atomic E-state index is 12.8. The fourth-order valence-electron chi connectivity index (χ4n) is 2.24. The number of benzene rings is 2. The van der Waals surface area contributed by atoms with Gasteiger partial charge >= 0.3 is 6.03 Å². The third kappa shape index (κ3) is 4.19. The molecule has 3 aromatic rings. The molecule has 0 spiro atoms. The van der Waals surface area contributed by atoms with Crippen LogP contribution in [-0.2, 0) is 6.42 Å². The summed E-state index contributed by atoms with van der Waals surface area (Å²) < 4.78 is 14.6. The number of nitrogens with one attached hydrogen (secondary N) is 2. The Balaban J connectivity index is 1.47. The average Bonchev–Trinajstić information content (AvgIpc) is 3.07. The molecule has 0 aliphatic rings. The number of rotatable bonds is 5. The summed E-state index contributed by atoms with van der Waals surface area (Å²) in [5.74, 6) is -0.337. The number of carbonyl (C=O) groups is 1. The molecule has 3 rings (SSSR count). The van der Waals surface area contributed by atoms with E-state index in [1.54, 1.807) is 10.9 Å². The number of halogens is 1. The summed E-state index contributed by atoms with van der Waals surface area (Å²) in [5.41, 5.74) is 2.57. The van der Waals surface area contributed by atoms with Crippen molar-refractivity contribution in [2.24, 2.45) is 0 Å². The molecule has 6 heteroatoms. The lowest BCUT2D eigenvalue weighted by Gasteiger charge is -2.06. The van der Waals surface area contributed by atoms with Crippen molar-refractivity contribution in [2.75, 3.05) is 11.9 Å². The van der Waals surface area contributed by atoms with Crippen molar-refractivity contribution in [1.29, 1.82) is 0 Å². The lowest BCUT2D eigenvalue weighted by Crippen LogP contribution is -2.30. The van der Waals surface area contributed by atoms with E-state index < -0.39 is 0 Å². The third-order valence-electron chi connectivity index (χ3n) is 3.46. The Bertz CT molecular complexity index is 799. The number of carbonyl (C=O) groups excluding carboxylic acids is 1. The van der Waals surface area contributed by atoms with Crippen molar-refractivity contribution >= 4 is 11.7 Å². The Morgan fingerprint density at radius 1 is 1.08 bits per heavy atom. The zero-order valence-electron chi connectivity index (χ0n) is 12.9. The topological polar surface area (TPSA) is 59.0 Å². The van der Waals surface area contributed by atoms with Gasteiger partial charge in [-0.1, -0.05) is 18.2 Å². The van der Waals surface area contributed by atoms with E-state index in [0.717, 1.165) is 11.3 Å². The van der Waals surface area contributed by atoms with Crippen LogP contribution in [0.3, 0.4) is 0 Å². The second-order valence-electron chi connectivity index (χ2n) is 5.27. The van der Waals surface area contributed by atoms with Crippen molar-refractivity contribution in [3.05, 3.63) is 78.4 Å². The van der Waals surface area contributed by atoms with E-state index in [4.69, 9.17) is 0 Å². The standard InChI is InChI=1S/C18H17FN4O/c19-15-6-8-16(9-7-15)22-18(24)20-11-10-14-12-21-23(13-14)17-4-2-1-3-5-17/h1-9,12-13H,10-11H2,(H2,20,22,24). The monoisotopic (exact) mass is 324 g/mol. The molecule has 2 aromatic carbocycles. The van der Waals surface area contributed by atoms with Crippen LogP contribution in [0.2, 0.25) is 0 Å². The summed E-state index contributed by atoms with van der Waals surface area (Å²) in [4.78, 5) is 11.8. The molecule has 0 saturated heterocycles. The summed E-state index contributed by atoms with van der Waals surface area (Å²) in [5, 5.41) is 9.72. The van der Waals surface area contributed by atoms with E-state index in [1.165, 1.54) is 24.3 Å². The molecule has 2 amide bonds. The minimum Gasteiger partial charge on any atom is -0.338 e. The first kappa shape index (κ1) is 15.7. The molecule has 0 aliphatic heterocycles. The van der Waals surface area contributed by atoms with Gasteiger partial charge in [0.05, 0.1) is 11.9 Å². The van der Waals surface area contributed by atoms with Crippen LogP contribution in [0.1, 0.15) is 5.56 Å². The van der Waals surface area contributed by atoms with Crippen molar-refractivity contribution in [3.8, 4) is 5.69 Å². The second kappa shape index (κ2) is 7.41. The Kier molecular flexibility index (Phi) is 4.86. The van der Waals surface area contributed by atoms with Crippen molar-refractivity contribution in [3.63, 3.8) is 0 Å². The van der Waals surface area contributed by atoms with Gasteiger partial charge in [-0.25, -0.2) is 13.9 Å². The highest BCUT2D eigenvalue weighted by Crippen LogP contribution is 2.09. The Morgan fingerprint density at radius 3 is 2.58 bits per heavy atom. The van der Waals surface area contributed by atoms with Gasteiger partial charge < -0.3 is 10.6 Å². The lowest BCUT2D eigenvalue weighted by atomic mass is 10.2. The molecule has 24 heavy (non-hydrogen) atoms. The highest BCUT2D eigenvalue weighted by molar-refractivity contribution is 5.89. The number of urea groups is 1. The Labute approximate surface area is 139 Å². The highest BCUT2D eigenvalue weighted by Gasteiger charge is 2.04. The van der Waals surface area contributed by atoms with E-state index >= 15 is 0 Å². The number of anilines is 1. The predicted octanol–water partition coefficient (Wildman–Crippen LogP) is 3.38. The molecule has 1 aromatic heterocycles. The van der Waals surface area contributed by atoms with Crippen LogP contribution in [0.5, 0.6) is 0 Å². The summed E-state index contributed by atoms with van der Waals surface area (Å²) in [6.45, 7) is 0.480. The molecule has 0 atom stereocenters. The van der Waals surface area contributed by atoms with Crippen LogP contribution in [0.15, 0.2) is 67.0 Å². The first-order valence-electron chi connectivity index (χ1n) is 7.60. The summed E-state index contributed by atoms with van der Waals surface area (Å²) in [6.07, 6.45) is 4.39. The van der Waals surface area contributed by atoms with Gasteiger partial charge in [-0.05, 0) is 48.4 Å². The van der Waals surface area contributed by atoms with Crippen molar-refractivity contribution in [1.82, 2.24) is 15.1 Å². The maximum Gasteiger partial charge on any atom is 0.319 e. The second-order valence-corrected chi connectivity index (χ2v) is 5.27. The molecule has 0 bridgehead atoms. The van der Waals surface area contributed by atoms with Crippen molar-refractivity contribution in [2.45, 2.75) is 6.42 Å². The largest absolute Gasteiger partial charge is 0.338 e. The van der Waals surface area contributed by atoms with Crippen LogP contribution in [0.4, 0.5) is 14.9 Å². The van der Waals surface area contributed by atoms with Crippen molar-refractivity contribution < 1.29 is 9.18 Å². The molecule has 0 aliphatic carbocycles. The van der Waals surface area contributed by atoms with Crippen LogP contribution in [0.25, 0.3) is 5.69 Å². The average molecular weight is 324 g/mol. The van der Waals surface area contributed by atoms with Crippen LogP contribution in [-0.4, -0.2) is 22.4 Å². The van der Waals surface area contributed by atoms with E-state index in [1.807, 2.05) is 36.5 Å². The third-order valence-corrected chi connectivity index (χ3v) is 3.46. The van der Waals surface area contributed by atoms with E-state index in [2.05, 4.69) is 15.7 Å². The lowest BCUT2D eigenvalue weighted by molar-refractivity contribution is 0.252. The van der Waals surface area contributed by atoms with Gasteiger partial charge in [0, 0.05) is 18.4 Å². The Morgan fingerprint density at radius 2 is 1.83 bits per heavy atom. The number of hydrogen-bond donors (Lipinski definition) is 2. The quantitative estimate of drug-likeness (QED) is 0.756. The fourth-order valence-corrected chi connectivity index (χ4v) is 2.24. The summed E-state index contributed by atoms with van der Waals surface area (Å²) in [6, 6.07) is 15.1. The SMILES string of the molecule is O=C(NCCc1cnn(-c2ccccc2)c1)Nc1ccc(F)cc1. The minimum absolute atomic E-state index is 0.322. The smallest absolute Gasteiger partial charge is 0.319 e. The summed E-state index contributed by atoms with van der Waals surface area (Å²) in [7, 11) is 0. The maximum atomic E-state index is 12.8. The minimum atomic E-state index is -0.337. The zero-order chi connectivity index (χ0) is 16.8. The first-order valence-corrected chi connectivity index (χ1v) is 7.60. The van der Waals surface area contributed by atoms with Crippen LogP contribution >= 0.6 is 0 Å². The molecule has 0 unspecified atom stereocenters. The zero-order valence-corrected chi connectivity index (χ0v) is 12.9. The van der Waals surface area contributed by atoms with E-state index in [0.29, 0.717) is 18.7 Å². The fraction of sp³-hybridized carbons (Fsp3) is 0.111. The molecule has 0 radical (unpaired) electrons. The van der Waals surface area contributed by atoms with E-state index in [-0.39, 0.29) is 11.8 Å². The van der Waals surface area contributed by atoms with Gasteiger partial charge in [-0.3, -0.25) is 0 Å². The first-order chi connectivity index (χ1) is 11.7. The molecule has 2 N–H and O–H groups in total. The molecule has 0 fully saturated rings. The van der Waals surface area contributed by atoms with Crippen LogP contribution in [0, 0.1) is 5.82 Å². The number of para-hydroxylation sites is 1. The normalized spacial score (nSPS) is 10.4. The van der Waals surface area contributed by atoms with E-state index in [9.17, 15) is 9.18 Å². The van der Waals surface area contributed by atoms with Gasteiger partial charge in [-0.15, -0.1) is 0 Å². The molecular formula is C18H17FN4O. The predicted molar refractivity (Wildman–Crippen MR) is 90.7 cm³/mol. The Hall–Kier alpha value is -3.15. The van der Waals surface area contributed by atoms with Gasteiger partial charge in [0.25, 0.3) is 0 Å². The summed E-state index contributed by atoms with van der Waals surface area (Å²) >= 11 is 0.